The van der Waals surface area contributed by atoms with Crippen LogP contribution in [0.25, 0.3) is 0 Å². The summed E-state index contributed by atoms with van der Waals surface area (Å²) in [5, 5.41) is 0. The number of ether oxygens (including phenoxy) is 2. The molecular weight excluding hydrogens is 386 g/mol. The molecule has 0 aliphatic carbocycles. The van der Waals surface area contributed by atoms with Crippen molar-refractivity contribution in [3.05, 3.63) is 83.9 Å². The predicted molar refractivity (Wildman–Crippen MR) is 114 cm³/mol. The molecule has 0 bridgehead atoms. The highest BCUT2D eigenvalue weighted by Gasteiger charge is 2.16. The lowest BCUT2D eigenvalue weighted by atomic mass is 10.2. The van der Waals surface area contributed by atoms with Crippen LogP contribution >= 0.6 is 0 Å². The lowest BCUT2D eigenvalue weighted by molar-refractivity contribution is 0.372. The highest BCUT2D eigenvalue weighted by Crippen LogP contribution is 2.26. The van der Waals surface area contributed by atoms with Crippen molar-refractivity contribution in [2.24, 2.45) is 0 Å². The van der Waals surface area contributed by atoms with E-state index in [2.05, 4.69) is 16.6 Å². The van der Waals surface area contributed by atoms with Crippen molar-refractivity contribution < 1.29 is 17.9 Å². The number of benzene rings is 3. The molecule has 0 aromatic heterocycles. The normalized spacial score (nSPS) is 10.6. The van der Waals surface area contributed by atoms with E-state index in [1.807, 2.05) is 31.2 Å². The van der Waals surface area contributed by atoms with Crippen LogP contribution in [-0.2, 0) is 10.0 Å². The van der Waals surface area contributed by atoms with Gasteiger partial charge in [-0.25, -0.2) is 8.42 Å². The Balaban J connectivity index is 1.69. The van der Waals surface area contributed by atoms with Gasteiger partial charge in [-0.05, 0) is 55.5 Å². The van der Waals surface area contributed by atoms with Crippen molar-refractivity contribution in [1.82, 2.24) is 0 Å². The standard InChI is InChI=1S/C23H21NO4S/c1-18-9-15-21(16-10-18)29(25,26)24-22-7-3-4-8-23(22)28-17-5-6-19-11-13-20(27-2)14-12-19/h3-4,7-16,24H,17H2,1-2H3. The van der Waals surface area contributed by atoms with Crippen LogP contribution in [0.4, 0.5) is 5.69 Å². The average Bonchev–Trinajstić information content (AvgIpc) is 2.73. The van der Waals surface area contributed by atoms with Gasteiger partial charge >= 0.3 is 0 Å². The molecule has 3 aromatic carbocycles. The highest BCUT2D eigenvalue weighted by atomic mass is 32.2. The van der Waals surface area contributed by atoms with Crippen LogP contribution in [0.2, 0.25) is 0 Å². The predicted octanol–water partition coefficient (Wildman–Crippen LogP) is 4.23. The number of anilines is 1. The Kier molecular flexibility index (Phi) is 6.43. The molecule has 29 heavy (non-hydrogen) atoms. The van der Waals surface area contributed by atoms with Crippen LogP contribution in [0.1, 0.15) is 11.1 Å². The second kappa shape index (κ2) is 9.18. The summed E-state index contributed by atoms with van der Waals surface area (Å²) in [5.74, 6) is 7.10. The van der Waals surface area contributed by atoms with E-state index >= 15 is 0 Å². The molecule has 3 rings (SSSR count). The molecule has 0 fully saturated rings. The average molecular weight is 407 g/mol. The Morgan fingerprint density at radius 2 is 1.62 bits per heavy atom. The van der Waals surface area contributed by atoms with E-state index in [-0.39, 0.29) is 11.5 Å². The van der Waals surface area contributed by atoms with Gasteiger partial charge in [0.05, 0.1) is 17.7 Å². The molecule has 0 saturated heterocycles. The molecule has 0 atom stereocenters. The fourth-order valence-corrected chi connectivity index (χ4v) is 3.59. The molecule has 0 radical (unpaired) electrons. The van der Waals surface area contributed by atoms with E-state index in [1.165, 1.54) is 0 Å². The van der Waals surface area contributed by atoms with Crippen molar-refractivity contribution in [3.8, 4) is 23.3 Å². The first-order valence-electron chi connectivity index (χ1n) is 8.92. The van der Waals surface area contributed by atoms with E-state index in [4.69, 9.17) is 9.47 Å². The van der Waals surface area contributed by atoms with Gasteiger partial charge in [-0.1, -0.05) is 41.7 Å². The van der Waals surface area contributed by atoms with Crippen molar-refractivity contribution >= 4 is 15.7 Å². The molecule has 3 aromatic rings. The Morgan fingerprint density at radius 1 is 0.931 bits per heavy atom. The van der Waals surface area contributed by atoms with E-state index in [0.29, 0.717) is 11.4 Å². The maximum absolute atomic E-state index is 12.6. The molecule has 0 amide bonds. The topological polar surface area (TPSA) is 64.6 Å². The first kappa shape index (κ1) is 20.3. The molecule has 0 aliphatic rings. The number of sulfonamides is 1. The quantitative estimate of drug-likeness (QED) is 0.621. The van der Waals surface area contributed by atoms with Crippen LogP contribution in [0.3, 0.4) is 0 Å². The smallest absolute Gasteiger partial charge is 0.262 e. The van der Waals surface area contributed by atoms with Crippen LogP contribution in [-0.4, -0.2) is 22.1 Å². The molecule has 0 unspecified atom stereocenters. The number of hydrogen-bond acceptors (Lipinski definition) is 4. The van der Waals surface area contributed by atoms with E-state index in [0.717, 1.165) is 16.9 Å². The van der Waals surface area contributed by atoms with Gasteiger partial charge in [0.1, 0.15) is 18.1 Å². The summed E-state index contributed by atoms with van der Waals surface area (Å²) in [7, 11) is -2.10. The van der Waals surface area contributed by atoms with Gasteiger partial charge in [0, 0.05) is 5.56 Å². The fraction of sp³-hybridized carbons (Fsp3) is 0.130. The first-order valence-corrected chi connectivity index (χ1v) is 10.4. The molecule has 0 heterocycles. The number of aryl methyl sites for hydroxylation is 1. The number of rotatable bonds is 6. The summed E-state index contributed by atoms with van der Waals surface area (Å²) in [6.07, 6.45) is 0. The Bertz CT molecular complexity index is 1130. The van der Waals surface area contributed by atoms with E-state index in [9.17, 15) is 8.42 Å². The minimum Gasteiger partial charge on any atom is -0.497 e. The summed E-state index contributed by atoms with van der Waals surface area (Å²) >= 11 is 0. The maximum Gasteiger partial charge on any atom is 0.262 e. The van der Waals surface area contributed by atoms with Crippen molar-refractivity contribution in [2.45, 2.75) is 11.8 Å². The maximum atomic E-state index is 12.6. The van der Waals surface area contributed by atoms with Crippen LogP contribution in [0.5, 0.6) is 11.5 Å². The summed E-state index contributed by atoms with van der Waals surface area (Å²) in [6, 6.07) is 20.9. The van der Waals surface area contributed by atoms with Gasteiger partial charge in [0.2, 0.25) is 0 Å². The molecule has 6 heteroatoms. The SMILES string of the molecule is COc1ccc(C#CCOc2ccccc2NS(=O)(=O)c2ccc(C)cc2)cc1. The summed E-state index contributed by atoms with van der Waals surface area (Å²) in [4.78, 5) is 0.192. The number of hydrogen-bond donors (Lipinski definition) is 1. The zero-order chi connectivity index (χ0) is 20.7. The van der Waals surface area contributed by atoms with E-state index in [1.54, 1.807) is 55.6 Å². The number of methoxy groups -OCH3 is 1. The van der Waals surface area contributed by atoms with Gasteiger partial charge in [-0.3, -0.25) is 4.72 Å². The Hall–Kier alpha value is -3.43. The largest absolute Gasteiger partial charge is 0.497 e. The second-order valence-electron chi connectivity index (χ2n) is 6.23. The monoisotopic (exact) mass is 407 g/mol. The van der Waals surface area contributed by atoms with Gasteiger partial charge in [-0.15, -0.1) is 0 Å². The Labute approximate surface area is 171 Å². The van der Waals surface area contributed by atoms with E-state index < -0.39 is 10.0 Å². The first-order chi connectivity index (χ1) is 14.0. The molecular formula is C23H21NO4S. The molecule has 1 N–H and O–H groups in total. The zero-order valence-corrected chi connectivity index (χ0v) is 17.0. The number of para-hydroxylation sites is 2. The van der Waals surface area contributed by atoms with Gasteiger partial charge in [0.15, 0.2) is 0 Å². The van der Waals surface area contributed by atoms with Gasteiger partial charge in [-0.2, -0.15) is 0 Å². The lowest BCUT2D eigenvalue weighted by Gasteiger charge is -2.12. The fourth-order valence-electron chi connectivity index (χ4n) is 2.52. The zero-order valence-electron chi connectivity index (χ0n) is 16.2. The second-order valence-corrected chi connectivity index (χ2v) is 7.92. The minimum absolute atomic E-state index is 0.120. The van der Waals surface area contributed by atoms with Crippen LogP contribution in [0.15, 0.2) is 77.7 Å². The third-order valence-corrected chi connectivity index (χ3v) is 5.47. The van der Waals surface area contributed by atoms with Crippen LogP contribution < -0.4 is 14.2 Å². The minimum atomic E-state index is -3.71. The Morgan fingerprint density at radius 3 is 2.31 bits per heavy atom. The van der Waals surface area contributed by atoms with Gasteiger partial charge in [0.25, 0.3) is 10.0 Å². The highest BCUT2D eigenvalue weighted by molar-refractivity contribution is 7.92. The summed E-state index contributed by atoms with van der Waals surface area (Å²) in [6.45, 7) is 2.02. The van der Waals surface area contributed by atoms with Crippen molar-refractivity contribution in [3.63, 3.8) is 0 Å². The molecule has 0 aliphatic heterocycles. The third-order valence-electron chi connectivity index (χ3n) is 4.09. The molecule has 0 spiro atoms. The van der Waals surface area contributed by atoms with Crippen LogP contribution in [0, 0.1) is 18.8 Å². The molecule has 5 nitrogen and oxygen atoms in total. The molecule has 148 valence electrons. The van der Waals surface area contributed by atoms with Crippen molar-refractivity contribution in [1.29, 1.82) is 0 Å². The molecule has 0 saturated carbocycles. The van der Waals surface area contributed by atoms with Gasteiger partial charge < -0.3 is 9.47 Å². The summed E-state index contributed by atoms with van der Waals surface area (Å²) in [5.41, 5.74) is 2.19. The number of nitrogens with one attached hydrogen (secondary N) is 1. The van der Waals surface area contributed by atoms with Crippen molar-refractivity contribution in [2.75, 3.05) is 18.4 Å². The summed E-state index contributed by atoms with van der Waals surface area (Å²) < 4.78 is 38.6. The third kappa shape index (κ3) is 5.53. The lowest BCUT2D eigenvalue weighted by Crippen LogP contribution is -2.14.